The predicted octanol–water partition coefficient (Wildman–Crippen LogP) is 3.92. The van der Waals surface area contributed by atoms with Gasteiger partial charge in [-0.3, -0.25) is 4.57 Å². The lowest BCUT2D eigenvalue weighted by atomic mass is 10.3. The molecule has 1 aromatic heterocycles. The van der Waals surface area contributed by atoms with Crippen LogP contribution in [-0.4, -0.2) is 13.2 Å². The molecule has 0 radical (unpaired) electrons. The fraction of sp³-hybridized carbons (Fsp3) is 0.636. The second-order valence-electron chi connectivity index (χ2n) is 3.50. The van der Waals surface area contributed by atoms with E-state index < -0.39 is 7.60 Å². The molecule has 1 rings (SSSR count). The Hall–Kier alpha value is -0.570. The maximum absolute atomic E-state index is 12.4. The minimum absolute atomic E-state index is 0.362. The van der Waals surface area contributed by atoms with E-state index in [9.17, 15) is 4.57 Å². The van der Waals surface area contributed by atoms with Crippen molar-refractivity contribution in [2.24, 2.45) is 0 Å². The zero-order chi connectivity index (χ0) is 12.2. The molecule has 4 nitrogen and oxygen atoms in total. The van der Waals surface area contributed by atoms with Gasteiger partial charge in [-0.15, -0.1) is 0 Å². The van der Waals surface area contributed by atoms with Gasteiger partial charge >= 0.3 is 7.60 Å². The van der Waals surface area contributed by atoms with Crippen LogP contribution in [0.3, 0.4) is 0 Å². The van der Waals surface area contributed by atoms with Gasteiger partial charge in [0.25, 0.3) is 0 Å². The highest BCUT2D eigenvalue weighted by Crippen LogP contribution is 2.60. The molecular weight excluding hydrogens is 227 g/mol. The van der Waals surface area contributed by atoms with Crippen LogP contribution in [0.25, 0.3) is 0 Å². The fourth-order valence-electron chi connectivity index (χ4n) is 1.45. The Morgan fingerprint density at radius 2 is 1.88 bits per heavy atom. The summed E-state index contributed by atoms with van der Waals surface area (Å²) in [5.41, 5.74) is -0.374. The van der Waals surface area contributed by atoms with Crippen molar-refractivity contribution in [1.29, 1.82) is 0 Å². The lowest BCUT2D eigenvalue weighted by Gasteiger charge is -2.21. The summed E-state index contributed by atoms with van der Waals surface area (Å²) < 4.78 is 28.4. The van der Waals surface area contributed by atoms with Crippen molar-refractivity contribution in [2.75, 3.05) is 13.2 Å². The summed E-state index contributed by atoms with van der Waals surface area (Å²) in [4.78, 5) is 0. The second kappa shape index (κ2) is 5.67. The van der Waals surface area contributed by atoms with Crippen LogP contribution in [0.5, 0.6) is 0 Å². The Kier molecular flexibility index (Phi) is 4.78. The van der Waals surface area contributed by atoms with Gasteiger partial charge in [0, 0.05) is 0 Å². The minimum atomic E-state index is -3.11. The summed E-state index contributed by atoms with van der Waals surface area (Å²) in [6.45, 7) is 7.97. The molecule has 0 spiro atoms. The maximum Gasteiger partial charge on any atom is 0.340 e. The van der Waals surface area contributed by atoms with E-state index in [4.69, 9.17) is 13.5 Å². The van der Waals surface area contributed by atoms with E-state index in [0.717, 1.165) is 5.76 Å². The van der Waals surface area contributed by atoms with E-state index in [1.165, 1.54) is 0 Å². The highest BCUT2D eigenvalue weighted by Gasteiger charge is 2.35. The van der Waals surface area contributed by atoms with Gasteiger partial charge in [0.15, 0.2) is 0 Å². The van der Waals surface area contributed by atoms with Crippen LogP contribution in [0.2, 0.25) is 0 Å². The molecule has 0 aromatic carbocycles. The summed E-state index contributed by atoms with van der Waals surface area (Å²) in [6.07, 6.45) is 0. The van der Waals surface area contributed by atoms with E-state index >= 15 is 0 Å². The number of rotatable bonds is 6. The van der Waals surface area contributed by atoms with E-state index in [1.807, 2.05) is 19.1 Å². The molecule has 0 fully saturated rings. The van der Waals surface area contributed by atoms with Crippen molar-refractivity contribution in [3.05, 3.63) is 23.7 Å². The lowest BCUT2D eigenvalue weighted by Crippen LogP contribution is -2.03. The van der Waals surface area contributed by atoms with Crippen LogP contribution >= 0.6 is 7.60 Å². The topological polar surface area (TPSA) is 48.7 Å². The van der Waals surface area contributed by atoms with Gasteiger partial charge in [-0.1, -0.05) is 0 Å². The predicted molar refractivity (Wildman–Crippen MR) is 62.7 cm³/mol. The smallest absolute Gasteiger partial charge is 0.340 e. The molecule has 1 unspecified atom stereocenters. The van der Waals surface area contributed by atoms with Crippen molar-refractivity contribution in [3.63, 3.8) is 0 Å². The Morgan fingerprint density at radius 1 is 1.31 bits per heavy atom. The summed E-state index contributed by atoms with van der Waals surface area (Å²) in [7, 11) is -3.11. The molecule has 0 saturated heterocycles. The fourth-order valence-corrected chi connectivity index (χ4v) is 3.15. The third-order valence-electron chi connectivity index (χ3n) is 2.27. The number of furan rings is 1. The maximum atomic E-state index is 12.4. The second-order valence-corrected chi connectivity index (χ2v) is 5.87. The third kappa shape index (κ3) is 2.97. The van der Waals surface area contributed by atoms with Gasteiger partial charge in [0.2, 0.25) is 0 Å². The summed E-state index contributed by atoms with van der Waals surface area (Å²) in [5.74, 6) is 1.43. The Morgan fingerprint density at radius 3 is 2.25 bits per heavy atom. The Balaban J connectivity index is 2.90. The first-order valence-corrected chi connectivity index (χ1v) is 7.09. The first-order chi connectivity index (χ1) is 7.53. The van der Waals surface area contributed by atoms with Gasteiger partial charge in [-0.05, 0) is 39.8 Å². The number of hydrogen-bond donors (Lipinski definition) is 0. The largest absolute Gasteiger partial charge is 0.465 e. The van der Waals surface area contributed by atoms with Crippen LogP contribution in [0.4, 0.5) is 0 Å². The van der Waals surface area contributed by atoms with Crippen molar-refractivity contribution >= 4 is 7.60 Å². The van der Waals surface area contributed by atoms with E-state index in [2.05, 4.69) is 0 Å². The number of hydrogen-bond acceptors (Lipinski definition) is 4. The molecule has 0 aliphatic carbocycles. The van der Waals surface area contributed by atoms with Gasteiger partial charge < -0.3 is 13.5 Å². The molecule has 1 aromatic rings. The zero-order valence-electron chi connectivity index (χ0n) is 10.2. The average molecular weight is 246 g/mol. The van der Waals surface area contributed by atoms with Crippen molar-refractivity contribution in [1.82, 2.24) is 0 Å². The highest BCUT2D eigenvalue weighted by atomic mass is 31.2. The molecule has 5 heteroatoms. The molecule has 1 heterocycles. The monoisotopic (exact) mass is 246 g/mol. The summed E-state index contributed by atoms with van der Waals surface area (Å²) >= 11 is 0. The van der Waals surface area contributed by atoms with Crippen LogP contribution < -0.4 is 0 Å². The van der Waals surface area contributed by atoms with Crippen molar-refractivity contribution < 1.29 is 18.0 Å². The highest BCUT2D eigenvalue weighted by molar-refractivity contribution is 7.54. The van der Waals surface area contributed by atoms with E-state index in [-0.39, 0.29) is 5.66 Å². The zero-order valence-corrected chi connectivity index (χ0v) is 11.1. The molecule has 1 atom stereocenters. The first-order valence-electron chi connectivity index (χ1n) is 5.48. The summed E-state index contributed by atoms with van der Waals surface area (Å²) in [5, 5.41) is 0. The van der Waals surface area contributed by atoms with E-state index in [1.54, 1.807) is 20.8 Å². The molecular formula is C11H19O4P. The minimum Gasteiger partial charge on any atom is -0.465 e. The van der Waals surface area contributed by atoms with Crippen molar-refractivity contribution in [2.45, 2.75) is 33.4 Å². The van der Waals surface area contributed by atoms with Crippen LogP contribution in [0, 0.1) is 6.92 Å². The van der Waals surface area contributed by atoms with Crippen LogP contribution in [0.1, 0.15) is 38.0 Å². The Bertz CT molecular complexity index is 362. The molecule has 0 amide bonds. The average Bonchev–Trinajstić information content (AvgIpc) is 2.64. The molecule has 16 heavy (non-hydrogen) atoms. The van der Waals surface area contributed by atoms with Gasteiger partial charge in [-0.2, -0.15) is 0 Å². The van der Waals surface area contributed by atoms with Crippen molar-refractivity contribution in [3.8, 4) is 0 Å². The normalized spacial score (nSPS) is 14.0. The molecule has 0 aliphatic rings. The van der Waals surface area contributed by atoms with Gasteiger partial charge in [0.05, 0.1) is 13.2 Å². The molecule has 92 valence electrons. The molecule has 0 saturated carbocycles. The lowest BCUT2D eigenvalue weighted by molar-refractivity contribution is 0.210. The van der Waals surface area contributed by atoms with E-state index in [0.29, 0.717) is 19.0 Å². The van der Waals surface area contributed by atoms with Crippen LogP contribution in [-0.2, 0) is 13.6 Å². The molecule has 0 N–H and O–H groups in total. The SMILES string of the molecule is CCOP(=O)(OCC)C(C)c1ccc(C)o1. The molecule has 0 aliphatic heterocycles. The van der Waals surface area contributed by atoms with Gasteiger partial charge in [-0.25, -0.2) is 0 Å². The quantitative estimate of drug-likeness (QED) is 0.714. The third-order valence-corrected chi connectivity index (χ3v) is 4.70. The molecule has 0 bridgehead atoms. The number of aryl methyl sites for hydroxylation is 1. The standard InChI is InChI=1S/C11H19O4P/c1-5-13-16(12,14-6-2)10(4)11-8-7-9(3)15-11/h7-8,10H,5-6H2,1-4H3. The summed E-state index contributed by atoms with van der Waals surface area (Å²) in [6, 6.07) is 3.65. The Labute approximate surface area is 96.5 Å². The van der Waals surface area contributed by atoms with Gasteiger partial charge in [0.1, 0.15) is 17.2 Å². The first kappa shape index (κ1) is 13.5. The van der Waals surface area contributed by atoms with Crippen LogP contribution in [0.15, 0.2) is 16.5 Å².